The third-order valence-electron chi connectivity index (χ3n) is 3.06. The minimum atomic E-state index is -0.451. The highest BCUT2D eigenvalue weighted by Gasteiger charge is 2.23. The summed E-state index contributed by atoms with van der Waals surface area (Å²) in [6, 6.07) is 2.95. The average molecular weight is 276 g/mol. The summed E-state index contributed by atoms with van der Waals surface area (Å²) in [5.74, 6) is 0.894. The van der Waals surface area contributed by atoms with Gasteiger partial charge in [-0.15, -0.1) is 0 Å². The monoisotopic (exact) mass is 276 g/mol. The summed E-state index contributed by atoms with van der Waals surface area (Å²) in [5, 5.41) is 14.1. The quantitative estimate of drug-likeness (QED) is 0.674. The lowest BCUT2D eigenvalue weighted by molar-refractivity contribution is -0.384. The second-order valence-corrected chi connectivity index (χ2v) is 4.33. The molecule has 1 aromatic heterocycles. The number of aromatic nitrogens is 2. The number of nitro groups is 1. The lowest BCUT2D eigenvalue weighted by Gasteiger charge is -2.08. The third-order valence-corrected chi connectivity index (χ3v) is 3.06. The minimum absolute atomic E-state index is 0.0450. The van der Waals surface area contributed by atoms with Gasteiger partial charge < -0.3 is 19.4 Å². The number of ether oxygens (including phenoxy) is 2. The SMILES string of the molecule is Cn1cncc1CNc1cc2c(cc1[N+](=O)[O-])OCO2. The fourth-order valence-electron chi connectivity index (χ4n) is 1.96. The Bertz CT molecular complexity index is 667. The van der Waals surface area contributed by atoms with Crippen molar-refractivity contribution >= 4 is 11.4 Å². The van der Waals surface area contributed by atoms with E-state index in [4.69, 9.17) is 9.47 Å². The van der Waals surface area contributed by atoms with Gasteiger partial charge >= 0.3 is 0 Å². The Morgan fingerprint density at radius 2 is 2.20 bits per heavy atom. The predicted molar refractivity (Wildman–Crippen MR) is 69.8 cm³/mol. The van der Waals surface area contributed by atoms with Gasteiger partial charge in [0.25, 0.3) is 5.69 Å². The Balaban J connectivity index is 1.88. The van der Waals surface area contributed by atoms with Gasteiger partial charge in [-0.1, -0.05) is 0 Å². The lowest BCUT2D eigenvalue weighted by Crippen LogP contribution is -2.06. The molecule has 3 rings (SSSR count). The zero-order valence-electron chi connectivity index (χ0n) is 10.7. The van der Waals surface area contributed by atoms with E-state index in [0.717, 1.165) is 5.69 Å². The molecule has 20 heavy (non-hydrogen) atoms. The molecule has 0 aliphatic carbocycles. The van der Waals surface area contributed by atoms with Crippen LogP contribution in [0.5, 0.6) is 11.5 Å². The van der Waals surface area contributed by atoms with Gasteiger partial charge in [0.1, 0.15) is 5.69 Å². The van der Waals surface area contributed by atoms with Crippen molar-refractivity contribution in [2.45, 2.75) is 6.54 Å². The van der Waals surface area contributed by atoms with Crippen LogP contribution >= 0.6 is 0 Å². The molecule has 2 aromatic rings. The van der Waals surface area contributed by atoms with E-state index in [1.807, 2.05) is 11.6 Å². The van der Waals surface area contributed by atoms with E-state index >= 15 is 0 Å². The molecule has 0 spiro atoms. The molecule has 0 saturated carbocycles. The Hall–Kier alpha value is -2.77. The topological polar surface area (TPSA) is 91.5 Å². The molecule has 1 N–H and O–H groups in total. The number of nitrogens with zero attached hydrogens (tertiary/aromatic N) is 3. The maximum absolute atomic E-state index is 11.1. The number of hydrogen-bond acceptors (Lipinski definition) is 6. The van der Waals surface area contributed by atoms with Crippen molar-refractivity contribution in [2.24, 2.45) is 7.05 Å². The lowest BCUT2D eigenvalue weighted by atomic mass is 10.2. The second-order valence-electron chi connectivity index (χ2n) is 4.33. The zero-order valence-corrected chi connectivity index (χ0v) is 10.7. The van der Waals surface area contributed by atoms with Crippen LogP contribution in [0.4, 0.5) is 11.4 Å². The molecule has 0 atom stereocenters. The maximum Gasteiger partial charge on any atom is 0.296 e. The molecule has 0 unspecified atom stereocenters. The van der Waals surface area contributed by atoms with Crippen LogP contribution in [0.3, 0.4) is 0 Å². The van der Waals surface area contributed by atoms with Gasteiger partial charge in [0.05, 0.1) is 29.6 Å². The first-order valence-electron chi connectivity index (χ1n) is 5.92. The van der Waals surface area contributed by atoms with E-state index in [1.165, 1.54) is 6.07 Å². The smallest absolute Gasteiger partial charge is 0.296 e. The first-order valence-corrected chi connectivity index (χ1v) is 5.92. The number of imidazole rings is 1. The highest BCUT2D eigenvalue weighted by atomic mass is 16.7. The highest BCUT2D eigenvalue weighted by molar-refractivity contribution is 5.68. The number of anilines is 1. The summed E-state index contributed by atoms with van der Waals surface area (Å²) in [5.41, 5.74) is 1.26. The largest absolute Gasteiger partial charge is 0.454 e. The van der Waals surface area contributed by atoms with Crippen LogP contribution in [-0.2, 0) is 13.6 Å². The Morgan fingerprint density at radius 3 is 2.85 bits per heavy atom. The number of nitro benzene ring substituents is 1. The van der Waals surface area contributed by atoms with Gasteiger partial charge in [0.2, 0.25) is 6.79 Å². The molecule has 1 aromatic carbocycles. The first-order chi connectivity index (χ1) is 9.65. The average Bonchev–Trinajstić information content (AvgIpc) is 3.03. The predicted octanol–water partition coefficient (Wildman–Crippen LogP) is 1.67. The molecule has 104 valence electrons. The van der Waals surface area contributed by atoms with Crippen molar-refractivity contribution in [3.63, 3.8) is 0 Å². The van der Waals surface area contributed by atoms with Crippen molar-refractivity contribution < 1.29 is 14.4 Å². The van der Waals surface area contributed by atoms with Crippen molar-refractivity contribution in [1.29, 1.82) is 0 Å². The van der Waals surface area contributed by atoms with Crippen molar-refractivity contribution in [3.05, 3.63) is 40.5 Å². The summed E-state index contributed by atoms with van der Waals surface area (Å²) >= 11 is 0. The van der Waals surface area contributed by atoms with Crippen LogP contribution in [-0.4, -0.2) is 21.3 Å². The third kappa shape index (κ3) is 2.11. The number of rotatable bonds is 4. The standard InChI is InChI=1S/C12H12N4O4/c1-15-6-13-4-8(15)5-14-9-2-11-12(20-7-19-11)3-10(9)16(17)18/h2-4,6,14H,5,7H2,1H3. The molecule has 0 radical (unpaired) electrons. The van der Waals surface area contributed by atoms with Gasteiger partial charge in [-0.2, -0.15) is 0 Å². The van der Waals surface area contributed by atoms with E-state index < -0.39 is 4.92 Å². The summed E-state index contributed by atoms with van der Waals surface area (Å²) < 4.78 is 12.2. The van der Waals surface area contributed by atoms with E-state index in [2.05, 4.69) is 10.3 Å². The molecular formula is C12H12N4O4. The van der Waals surface area contributed by atoms with Gasteiger partial charge in [-0.05, 0) is 0 Å². The first kappa shape index (κ1) is 12.3. The molecule has 0 bridgehead atoms. The fraction of sp³-hybridized carbons (Fsp3) is 0.250. The molecule has 8 heteroatoms. The fourth-order valence-corrected chi connectivity index (χ4v) is 1.96. The molecule has 1 aliphatic rings. The van der Waals surface area contributed by atoms with Gasteiger partial charge in [0.15, 0.2) is 11.5 Å². The van der Waals surface area contributed by atoms with E-state index in [9.17, 15) is 10.1 Å². The molecule has 0 saturated heterocycles. The van der Waals surface area contributed by atoms with Gasteiger partial charge in [0, 0.05) is 19.3 Å². The summed E-state index contributed by atoms with van der Waals surface area (Å²) in [6.45, 7) is 0.509. The highest BCUT2D eigenvalue weighted by Crippen LogP contribution is 2.40. The second kappa shape index (κ2) is 4.72. The number of nitrogens with one attached hydrogen (secondary N) is 1. The molecule has 8 nitrogen and oxygen atoms in total. The van der Waals surface area contributed by atoms with Crippen LogP contribution in [0.25, 0.3) is 0 Å². The number of hydrogen-bond donors (Lipinski definition) is 1. The van der Waals surface area contributed by atoms with E-state index in [0.29, 0.717) is 23.7 Å². The summed E-state index contributed by atoms with van der Waals surface area (Å²) in [7, 11) is 1.86. The number of benzene rings is 1. The van der Waals surface area contributed by atoms with Crippen molar-refractivity contribution in [3.8, 4) is 11.5 Å². The molecule has 2 heterocycles. The molecule has 0 fully saturated rings. The maximum atomic E-state index is 11.1. The van der Waals surface area contributed by atoms with E-state index in [-0.39, 0.29) is 12.5 Å². The van der Waals surface area contributed by atoms with Crippen LogP contribution in [0.2, 0.25) is 0 Å². The van der Waals surface area contributed by atoms with Crippen LogP contribution in [0.1, 0.15) is 5.69 Å². The summed E-state index contributed by atoms with van der Waals surface area (Å²) in [6.07, 6.45) is 3.37. The Labute approximate surface area is 114 Å². The normalized spacial score (nSPS) is 12.4. The van der Waals surface area contributed by atoms with Crippen LogP contribution < -0.4 is 14.8 Å². The van der Waals surface area contributed by atoms with Crippen molar-refractivity contribution in [1.82, 2.24) is 9.55 Å². The number of fused-ring (bicyclic) bond motifs is 1. The van der Waals surface area contributed by atoms with E-state index in [1.54, 1.807) is 18.6 Å². The molecule has 0 amide bonds. The van der Waals surface area contributed by atoms with Crippen molar-refractivity contribution in [2.75, 3.05) is 12.1 Å². The molecule has 1 aliphatic heterocycles. The minimum Gasteiger partial charge on any atom is -0.454 e. The summed E-state index contributed by atoms with van der Waals surface area (Å²) in [4.78, 5) is 14.6. The zero-order chi connectivity index (χ0) is 14.1. The van der Waals surface area contributed by atoms with Gasteiger partial charge in [-0.25, -0.2) is 4.98 Å². The molecular weight excluding hydrogens is 264 g/mol. The van der Waals surface area contributed by atoms with Gasteiger partial charge in [-0.3, -0.25) is 10.1 Å². The van der Waals surface area contributed by atoms with Crippen LogP contribution in [0, 0.1) is 10.1 Å². The Morgan fingerprint density at radius 1 is 1.45 bits per heavy atom. The number of aryl methyl sites for hydroxylation is 1. The van der Waals surface area contributed by atoms with Crippen LogP contribution in [0.15, 0.2) is 24.7 Å². The Kier molecular flexibility index (Phi) is 2.90.